The highest BCUT2D eigenvalue weighted by molar-refractivity contribution is 5.33. The Morgan fingerprint density at radius 2 is 1.89 bits per heavy atom. The lowest BCUT2D eigenvalue weighted by Crippen LogP contribution is -2.28. The molecule has 98 valence electrons. The molecular formula is C18H26. The molecule has 0 radical (unpaired) electrons. The number of aryl methyl sites for hydroxylation is 1. The van der Waals surface area contributed by atoms with Crippen LogP contribution in [0.1, 0.15) is 63.0 Å². The fourth-order valence-electron chi connectivity index (χ4n) is 4.72. The van der Waals surface area contributed by atoms with Crippen molar-refractivity contribution in [3.8, 4) is 0 Å². The first-order valence-electron chi connectivity index (χ1n) is 7.89. The molecule has 0 bridgehead atoms. The predicted molar refractivity (Wildman–Crippen MR) is 77.8 cm³/mol. The molecule has 2 aliphatic carbocycles. The van der Waals surface area contributed by atoms with Gasteiger partial charge in [-0.15, -0.1) is 0 Å². The first-order chi connectivity index (χ1) is 8.81. The Hall–Kier alpha value is -0.780. The minimum absolute atomic E-state index is 0.834. The van der Waals surface area contributed by atoms with Gasteiger partial charge < -0.3 is 0 Å². The summed E-state index contributed by atoms with van der Waals surface area (Å²) in [6.45, 7) is 4.88. The molecule has 3 rings (SSSR count). The summed E-state index contributed by atoms with van der Waals surface area (Å²) in [5, 5.41) is 0. The number of fused-ring (bicyclic) bond motifs is 1. The molecule has 0 amide bonds. The highest BCUT2D eigenvalue weighted by Crippen LogP contribution is 2.48. The maximum absolute atomic E-state index is 2.49. The van der Waals surface area contributed by atoms with Gasteiger partial charge in [0, 0.05) is 0 Å². The molecule has 1 aromatic carbocycles. The molecule has 0 spiro atoms. The van der Waals surface area contributed by atoms with Crippen LogP contribution in [0.5, 0.6) is 0 Å². The second-order valence-corrected chi connectivity index (χ2v) is 6.49. The number of hydrogen-bond donors (Lipinski definition) is 0. The van der Waals surface area contributed by atoms with Gasteiger partial charge in [0.1, 0.15) is 0 Å². The first kappa shape index (κ1) is 12.3. The van der Waals surface area contributed by atoms with E-state index in [1.807, 2.05) is 0 Å². The van der Waals surface area contributed by atoms with E-state index < -0.39 is 0 Å². The molecule has 4 atom stereocenters. The van der Waals surface area contributed by atoms with Crippen molar-refractivity contribution in [2.24, 2.45) is 17.8 Å². The summed E-state index contributed by atoms with van der Waals surface area (Å²) in [7, 11) is 0. The summed E-state index contributed by atoms with van der Waals surface area (Å²) >= 11 is 0. The van der Waals surface area contributed by atoms with Gasteiger partial charge in [-0.1, -0.05) is 51.0 Å². The standard InChI is InChI=1S/C18H26/c1-3-15-17-9-5-4-8-14(17)11-12-18(15)16-10-6-7-13(16)2/h4-5,8-9,13,15-16,18H,3,6-7,10-12H2,1-2H3. The molecule has 0 heteroatoms. The van der Waals surface area contributed by atoms with E-state index in [9.17, 15) is 0 Å². The predicted octanol–water partition coefficient (Wildman–Crippen LogP) is 5.18. The number of hydrogen-bond acceptors (Lipinski definition) is 0. The van der Waals surface area contributed by atoms with Crippen LogP contribution in [-0.4, -0.2) is 0 Å². The molecular weight excluding hydrogens is 216 g/mol. The van der Waals surface area contributed by atoms with Crippen molar-refractivity contribution < 1.29 is 0 Å². The van der Waals surface area contributed by atoms with Gasteiger partial charge in [0.2, 0.25) is 0 Å². The maximum Gasteiger partial charge on any atom is -0.0131 e. The van der Waals surface area contributed by atoms with Crippen LogP contribution >= 0.6 is 0 Å². The van der Waals surface area contributed by atoms with Crippen LogP contribution in [0.15, 0.2) is 24.3 Å². The fraction of sp³-hybridized carbons (Fsp3) is 0.667. The normalized spacial score (nSPS) is 35.4. The van der Waals surface area contributed by atoms with Crippen LogP contribution < -0.4 is 0 Å². The van der Waals surface area contributed by atoms with Crippen molar-refractivity contribution in [3.05, 3.63) is 35.4 Å². The van der Waals surface area contributed by atoms with E-state index in [2.05, 4.69) is 38.1 Å². The van der Waals surface area contributed by atoms with Crippen molar-refractivity contribution in [2.45, 2.75) is 58.3 Å². The molecule has 4 unspecified atom stereocenters. The van der Waals surface area contributed by atoms with Crippen LogP contribution in [0.4, 0.5) is 0 Å². The highest BCUT2D eigenvalue weighted by atomic mass is 14.4. The molecule has 18 heavy (non-hydrogen) atoms. The molecule has 2 aliphatic rings. The summed E-state index contributed by atoms with van der Waals surface area (Å²) in [4.78, 5) is 0. The molecule has 0 N–H and O–H groups in total. The minimum Gasteiger partial charge on any atom is -0.0648 e. The summed E-state index contributed by atoms with van der Waals surface area (Å²) < 4.78 is 0. The van der Waals surface area contributed by atoms with E-state index in [-0.39, 0.29) is 0 Å². The smallest absolute Gasteiger partial charge is 0.0131 e. The van der Waals surface area contributed by atoms with Gasteiger partial charge in [-0.25, -0.2) is 0 Å². The van der Waals surface area contributed by atoms with Gasteiger partial charge in [0.25, 0.3) is 0 Å². The van der Waals surface area contributed by atoms with Gasteiger partial charge >= 0.3 is 0 Å². The Labute approximate surface area is 112 Å². The van der Waals surface area contributed by atoms with Crippen LogP contribution in [0.25, 0.3) is 0 Å². The lowest BCUT2D eigenvalue weighted by molar-refractivity contribution is 0.206. The van der Waals surface area contributed by atoms with Gasteiger partial charge in [0.05, 0.1) is 0 Å². The fourth-order valence-corrected chi connectivity index (χ4v) is 4.72. The lowest BCUT2D eigenvalue weighted by Gasteiger charge is -2.38. The van der Waals surface area contributed by atoms with E-state index in [0.717, 1.165) is 23.7 Å². The Morgan fingerprint density at radius 1 is 1.06 bits per heavy atom. The van der Waals surface area contributed by atoms with Crippen molar-refractivity contribution in [1.29, 1.82) is 0 Å². The molecule has 1 fully saturated rings. The summed E-state index contributed by atoms with van der Waals surface area (Å²) in [5.41, 5.74) is 3.31. The molecule has 1 aromatic rings. The third kappa shape index (κ3) is 2.00. The number of rotatable bonds is 2. The average Bonchev–Trinajstić information content (AvgIpc) is 2.83. The van der Waals surface area contributed by atoms with Crippen LogP contribution in [0.2, 0.25) is 0 Å². The van der Waals surface area contributed by atoms with E-state index >= 15 is 0 Å². The minimum atomic E-state index is 0.834. The maximum atomic E-state index is 2.49. The first-order valence-corrected chi connectivity index (χ1v) is 7.89. The quantitative estimate of drug-likeness (QED) is 0.670. The zero-order valence-electron chi connectivity index (χ0n) is 11.9. The van der Waals surface area contributed by atoms with Gasteiger partial charge in [0.15, 0.2) is 0 Å². The molecule has 0 heterocycles. The van der Waals surface area contributed by atoms with E-state index in [0.29, 0.717) is 0 Å². The molecule has 1 saturated carbocycles. The van der Waals surface area contributed by atoms with E-state index in [1.54, 1.807) is 11.1 Å². The third-order valence-corrected chi connectivity index (χ3v) is 5.64. The van der Waals surface area contributed by atoms with Crippen molar-refractivity contribution >= 4 is 0 Å². The second-order valence-electron chi connectivity index (χ2n) is 6.49. The Kier molecular flexibility index (Phi) is 3.46. The molecule has 0 saturated heterocycles. The Balaban J connectivity index is 1.89. The highest BCUT2D eigenvalue weighted by Gasteiger charge is 2.37. The third-order valence-electron chi connectivity index (χ3n) is 5.64. The molecule has 0 aromatic heterocycles. The van der Waals surface area contributed by atoms with E-state index in [4.69, 9.17) is 0 Å². The summed E-state index contributed by atoms with van der Waals surface area (Å²) in [5.74, 6) is 3.76. The van der Waals surface area contributed by atoms with Crippen LogP contribution in [-0.2, 0) is 6.42 Å². The van der Waals surface area contributed by atoms with Crippen LogP contribution in [0, 0.1) is 17.8 Å². The molecule has 0 nitrogen and oxygen atoms in total. The van der Waals surface area contributed by atoms with Crippen molar-refractivity contribution in [3.63, 3.8) is 0 Å². The zero-order valence-corrected chi connectivity index (χ0v) is 11.9. The Morgan fingerprint density at radius 3 is 2.61 bits per heavy atom. The SMILES string of the molecule is CCC1c2ccccc2CCC1C1CCCC1C. The summed E-state index contributed by atoms with van der Waals surface area (Å²) in [6, 6.07) is 9.20. The van der Waals surface area contributed by atoms with Crippen molar-refractivity contribution in [2.75, 3.05) is 0 Å². The Bertz CT molecular complexity index is 406. The summed E-state index contributed by atoms with van der Waals surface area (Å²) in [6.07, 6.45) is 8.51. The average molecular weight is 242 g/mol. The zero-order chi connectivity index (χ0) is 12.5. The van der Waals surface area contributed by atoms with Gasteiger partial charge in [-0.2, -0.15) is 0 Å². The monoisotopic (exact) mass is 242 g/mol. The molecule has 0 aliphatic heterocycles. The van der Waals surface area contributed by atoms with Gasteiger partial charge in [-0.05, 0) is 60.5 Å². The van der Waals surface area contributed by atoms with Gasteiger partial charge in [-0.3, -0.25) is 0 Å². The van der Waals surface area contributed by atoms with E-state index in [1.165, 1.54) is 38.5 Å². The number of benzene rings is 1. The van der Waals surface area contributed by atoms with Crippen molar-refractivity contribution in [1.82, 2.24) is 0 Å². The topological polar surface area (TPSA) is 0 Å². The second kappa shape index (κ2) is 5.07. The van der Waals surface area contributed by atoms with Crippen LogP contribution in [0.3, 0.4) is 0 Å². The largest absolute Gasteiger partial charge is 0.0648 e. The lowest BCUT2D eigenvalue weighted by atomic mass is 9.66.